The van der Waals surface area contributed by atoms with Crippen LogP contribution >= 0.6 is 0 Å². The van der Waals surface area contributed by atoms with E-state index in [1.807, 2.05) is 54.6 Å². The van der Waals surface area contributed by atoms with Crippen molar-refractivity contribution in [2.45, 2.75) is 0 Å². The molecule has 0 radical (unpaired) electrons. The fraction of sp³-hybridized carbons (Fsp3) is 0. The van der Waals surface area contributed by atoms with Gasteiger partial charge in [-0.1, -0.05) is 133 Å². The van der Waals surface area contributed by atoms with Crippen molar-refractivity contribution in [1.29, 1.82) is 0 Å². The highest BCUT2D eigenvalue weighted by Crippen LogP contribution is 2.40. The lowest BCUT2D eigenvalue weighted by molar-refractivity contribution is 0.672. The zero-order chi connectivity index (χ0) is 29.7. The SMILES string of the molecule is c1ccc(-c2nc(-c3ccc(-c4ccccc4)c4ccccc34)nc(-c3cccc4oc5c6ccccc6ccc5c34)n2)cc1. The Morgan fingerprint density at radius 3 is 1.73 bits per heavy atom. The summed E-state index contributed by atoms with van der Waals surface area (Å²) in [5.41, 5.74) is 6.83. The lowest BCUT2D eigenvalue weighted by Gasteiger charge is -2.13. The molecule has 210 valence electrons. The van der Waals surface area contributed by atoms with E-state index in [4.69, 9.17) is 19.4 Å². The summed E-state index contributed by atoms with van der Waals surface area (Å²) in [7, 11) is 0. The number of hydrogen-bond acceptors (Lipinski definition) is 4. The van der Waals surface area contributed by atoms with Gasteiger partial charge in [-0.15, -0.1) is 0 Å². The molecule has 4 heteroatoms. The van der Waals surface area contributed by atoms with E-state index in [-0.39, 0.29) is 0 Å². The summed E-state index contributed by atoms with van der Waals surface area (Å²) in [6.45, 7) is 0. The molecular formula is C41H25N3O. The van der Waals surface area contributed by atoms with Crippen LogP contribution in [0.3, 0.4) is 0 Å². The second-order valence-electron chi connectivity index (χ2n) is 11.2. The van der Waals surface area contributed by atoms with Crippen LogP contribution in [0.5, 0.6) is 0 Å². The van der Waals surface area contributed by atoms with Crippen LogP contribution in [0.1, 0.15) is 0 Å². The molecule has 0 aliphatic rings. The first-order valence-corrected chi connectivity index (χ1v) is 15.0. The highest BCUT2D eigenvalue weighted by atomic mass is 16.3. The lowest BCUT2D eigenvalue weighted by atomic mass is 9.94. The maximum atomic E-state index is 6.50. The number of rotatable bonds is 4. The van der Waals surface area contributed by atoms with E-state index in [1.165, 1.54) is 11.1 Å². The van der Waals surface area contributed by atoms with Crippen LogP contribution in [-0.4, -0.2) is 15.0 Å². The van der Waals surface area contributed by atoms with E-state index in [0.717, 1.165) is 60.2 Å². The molecule has 0 saturated heterocycles. The molecule has 0 bridgehead atoms. The first kappa shape index (κ1) is 25.4. The lowest BCUT2D eigenvalue weighted by Crippen LogP contribution is -2.01. The Balaban J connectivity index is 1.32. The Kier molecular flexibility index (Phi) is 5.78. The van der Waals surface area contributed by atoms with E-state index >= 15 is 0 Å². The number of aromatic nitrogens is 3. The van der Waals surface area contributed by atoms with Crippen molar-refractivity contribution in [3.05, 3.63) is 152 Å². The Bertz CT molecular complexity index is 2540. The first-order chi connectivity index (χ1) is 22.3. The third kappa shape index (κ3) is 4.19. The fourth-order valence-corrected chi connectivity index (χ4v) is 6.44. The topological polar surface area (TPSA) is 51.8 Å². The Hall–Kier alpha value is -6.13. The second-order valence-corrected chi connectivity index (χ2v) is 11.2. The standard InChI is InChI=1S/C41H25N3O/c1-3-12-26(13-4-1)29-24-25-33(32-19-10-9-18-31(29)32)40-42-39(28-15-5-2-6-16-28)43-41(44-40)35-20-11-21-36-37(35)34-23-22-27-14-7-8-17-30(27)38(34)45-36/h1-25H. The first-order valence-electron chi connectivity index (χ1n) is 15.0. The van der Waals surface area contributed by atoms with E-state index < -0.39 is 0 Å². The third-order valence-electron chi connectivity index (χ3n) is 8.55. The highest BCUT2D eigenvalue weighted by Gasteiger charge is 2.20. The van der Waals surface area contributed by atoms with Gasteiger partial charge in [0.2, 0.25) is 0 Å². The maximum Gasteiger partial charge on any atom is 0.164 e. The van der Waals surface area contributed by atoms with Gasteiger partial charge in [-0.05, 0) is 45.5 Å². The van der Waals surface area contributed by atoms with Crippen LogP contribution in [0, 0.1) is 0 Å². The molecule has 0 N–H and O–H groups in total. The number of fused-ring (bicyclic) bond motifs is 6. The molecule has 2 heterocycles. The minimum Gasteiger partial charge on any atom is -0.455 e. The molecule has 0 aliphatic heterocycles. The van der Waals surface area contributed by atoms with Crippen molar-refractivity contribution in [3.8, 4) is 45.3 Å². The molecule has 9 rings (SSSR count). The minimum atomic E-state index is 0.608. The van der Waals surface area contributed by atoms with Crippen molar-refractivity contribution in [2.75, 3.05) is 0 Å². The summed E-state index contributed by atoms with van der Waals surface area (Å²) in [6, 6.07) is 52.1. The van der Waals surface area contributed by atoms with E-state index in [0.29, 0.717) is 17.5 Å². The maximum absolute atomic E-state index is 6.50. The van der Waals surface area contributed by atoms with Gasteiger partial charge in [-0.2, -0.15) is 0 Å². The zero-order valence-corrected chi connectivity index (χ0v) is 24.2. The Labute approximate surface area is 259 Å². The van der Waals surface area contributed by atoms with Crippen LogP contribution in [0.4, 0.5) is 0 Å². The van der Waals surface area contributed by atoms with Crippen molar-refractivity contribution in [3.63, 3.8) is 0 Å². The summed E-state index contributed by atoms with van der Waals surface area (Å²) in [4.78, 5) is 15.3. The molecule has 0 saturated carbocycles. The summed E-state index contributed by atoms with van der Waals surface area (Å²) < 4.78 is 6.50. The van der Waals surface area contributed by atoms with Gasteiger partial charge in [0.1, 0.15) is 11.2 Å². The molecule has 0 fully saturated rings. The highest BCUT2D eigenvalue weighted by molar-refractivity contribution is 6.18. The Morgan fingerprint density at radius 1 is 0.356 bits per heavy atom. The fourth-order valence-electron chi connectivity index (χ4n) is 6.44. The quantitative estimate of drug-likeness (QED) is 0.209. The average Bonchev–Trinajstić information content (AvgIpc) is 3.51. The van der Waals surface area contributed by atoms with Crippen LogP contribution in [0.2, 0.25) is 0 Å². The molecule has 0 amide bonds. The Morgan fingerprint density at radius 2 is 0.956 bits per heavy atom. The van der Waals surface area contributed by atoms with E-state index in [2.05, 4.69) is 97.1 Å². The molecule has 0 spiro atoms. The normalized spacial score (nSPS) is 11.6. The average molecular weight is 576 g/mol. The van der Waals surface area contributed by atoms with E-state index in [1.54, 1.807) is 0 Å². The predicted octanol–water partition coefficient (Wildman–Crippen LogP) is 10.7. The molecule has 45 heavy (non-hydrogen) atoms. The molecule has 2 aromatic heterocycles. The van der Waals surface area contributed by atoms with Crippen molar-refractivity contribution >= 4 is 43.5 Å². The van der Waals surface area contributed by atoms with Crippen molar-refractivity contribution in [2.24, 2.45) is 0 Å². The summed E-state index contributed by atoms with van der Waals surface area (Å²) in [5, 5.41) is 6.51. The number of furan rings is 1. The van der Waals surface area contributed by atoms with Gasteiger partial charge < -0.3 is 4.42 Å². The van der Waals surface area contributed by atoms with Crippen LogP contribution < -0.4 is 0 Å². The monoisotopic (exact) mass is 575 g/mol. The van der Waals surface area contributed by atoms with Gasteiger partial charge >= 0.3 is 0 Å². The number of hydrogen-bond donors (Lipinski definition) is 0. The molecule has 7 aromatic carbocycles. The summed E-state index contributed by atoms with van der Waals surface area (Å²) >= 11 is 0. The molecule has 0 aliphatic carbocycles. The number of nitrogens with zero attached hydrogens (tertiary/aromatic N) is 3. The summed E-state index contributed by atoms with van der Waals surface area (Å²) in [6.07, 6.45) is 0. The van der Waals surface area contributed by atoms with Gasteiger partial charge in [0.25, 0.3) is 0 Å². The molecule has 0 unspecified atom stereocenters. The number of benzene rings is 7. The molecular weight excluding hydrogens is 550 g/mol. The minimum absolute atomic E-state index is 0.608. The third-order valence-corrected chi connectivity index (χ3v) is 8.55. The van der Waals surface area contributed by atoms with Crippen LogP contribution in [-0.2, 0) is 0 Å². The summed E-state index contributed by atoms with van der Waals surface area (Å²) in [5.74, 6) is 1.86. The van der Waals surface area contributed by atoms with Crippen molar-refractivity contribution < 1.29 is 4.42 Å². The van der Waals surface area contributed by atoms with Crippen LogP contribution in [0.25, 0.3) is 88.8 Å². The van der Waals surface area contributed by atoms with Gasteiger partial charge in [-0.25, -0.2) is 15.0 Å². The van der Waals surface area contributed by atoms with Crippen LogP contribution in [0.15, 0.2) is 156 Å². The zero-order valence-electron chi connectivity index (χ0n) is 24.2. The largest absolute Gasteiger partial charge is 0.455 e. The molecule has 9 aromatic rings. The molecule has 4 nitrogen and oxygen atoms in total. The van der Waals surface area contributed by atoms with Gasteiger partial charge in [-0.3, -0.25) is 0 Å². The second kappa shape index (κ2) is 10.2. The smallest absolute Gasteiger partial charge is 0.164 e. The van der Waals surface area contributed by atoms with Gasteiger partial charge in [0, 0.05) is 32.8 Å². The predicted molar refractivity (Wildman–Crippen MR) is 184 cm³/mol. The van der Waals surface area contributed by atoms with E-state index in [9.17, 15) is 0 Å². The van der Waals surface area contributed by atoms with Gasteiger partial charge in [0.15, 0.2) is 17.5 Å². The molecule has 0 atom stereocenters. The van der Waals surface area contributed by atoms with Gasteiger partial charge in [0.05, 0.1) is 0 Å². The van der Waals surface area contributed by atoms with Crippen molar-refractivity contribution in [1.82, 2.24) is 15.0 Å².